The summed E-state index contributed by atoms with van der Waals surface area (Å²) in [4.78, 5) is 36.4. The average molecular weight is 461 g/mol. The van der Waals surface area contributed by atoms with Crippen LogP contribution >= 0.6 is 0 Å². The van der Waals surface area contributed by atoms with Crippen molar-refractivity contribution in [3.8, 4) is 0 Å². The minimum atomic E-state index is -0.791. The fourth-order valence-electron chi connectivity index (χ4n) is 6.17. The first-order valence-electron chi connectivity index (χ1n) is 11.5. The number of rotatable bonds is 3. The van der Waals surface area contributed by atoms with Crippen molar-refractivity contribution in [2.45, 2.75) is 63.3 Å². The van der Waals surface area contributed by atoms with Gasteiger partial charge in [-0.15, -0.1) is 0 Å². The molecule has 3 saturated heterocycles. The van der Waals surface area contributed by atoms with Crippen LogP contribution in [0.1, 0.15) is 46.0 Å². The predicted molar refractivity (Wildman–Crippen MR) is 116 cm³/mol. The summed E-state index contributed by atoms with van der Waals surface area (Å²) in [7, 11) is 1.35. The van der Waals surface area contributed by atoms with Gasteiger partial charge in [-0.05, 0) is 56.2 Å². The van der Waals surface area contributed by atoms with Crippen LogP contribution in [0.25, 0.3) is 0 Å². The summed E-state index contributed by atoms with van der Waals surface area (Å²) >= 11 is 0. The summed E-state index contributed by atoms with van der Waals surface area (Å²) in [5.41, 5.74) is -0.533. The molecule has 0 aromatic carbocycles. The Hall–Kier alpha value is -2.61. The second-order valence-electron chi connectivity index (χ2n) is 9.85. The zero-order valence-electron chi connectivity index (χ0n) is 19.4. The summed E-state index contributed by atoms with van der Waals surface area (Å²) in [5, 5.41) is 0. The van der Waals surface area contributed by atoms with Crippen LogP contribution in [-0.4, -0.2) is 48.9 Å². The SMILES string of the molecule is C=C1C2CCC3COC(=O)C[C@]13O[C@@H](CC(=O)OC)C2C1CC(=O)OC1(C)C.c1ccoc1. The standard InChI is InChI=1S/C21H28O7.C4H4O/c1-11-13-6-5-12-10-26-18(24)9-21(11,12)27-15(8-16(22)25-4)19(13)14-7-17(23)28-20(14,2)3;1-2-4-5-3-1/h12-15,19H,1,5-10H2,2-4H3;1-4H/t12?,13?,14?,15-,19?,21-;/m0./s1. The summed E-state index contributed by atoms with van der Waals surface area (Å²) in [5.74, 6) is -0.983. The molecule has 180 valence electrons. The molecule has 8 heteroatoms. The number of carbonyl (C=O) groups is 3. The van der Waals surface area contributed by atoms with E-state index in [1.165, 1.54) is 7.11 Å². The molecule has 1 saturated carbocycles. The molecule has 8 nitrogen and oxygen atoms in total. The highest BCUT2D eigenvalue weighted by molar-refractivity contribution is 5.74. The number of cyclic esters (lactones) is 2. The van der Waals surface area contributed by atoms with Crippen LogP contribution in [0.4, 0.5) is 0 Å². The molecule has 4 aliphatic rings. The molecule has 2 bridgehead atoms. The van der Waals surface area contributed by atoms with Crippen molar-refractivity contribution < 1.29 is 37.7 Å². The van der Waals surface area contributed by atoms with Crippen LogP contribution in [0.15, 0.2) is 41.2 Å². The molecule has 1 aromatic heterocycles. The Kier molecular flexibility index (Phi) is 6.40. The van der Waals surface area contributed by atoms with Crippen molar-refractivity contribution >= 4 is 17.9 Å². The first kappa shape index (κ1) is 23.5. The molecule has 4 heterocycles. The van der Waals surface area contributed by atoms with E-state index in [0.29, 0.717) is 13.0 Å². The van der Waals surface area contributed by atoms with Crippen molar-refractivity contribution in [3.05, 3.63) is 36.8 Å². The van der Waals surface area contributed by atoms with E-state index in [0.717, 1.165) is 18.4 Å². The Morgan fingerprint density at radius 1 is 1.18 bits per heavy atom. The number of furan rings is 1. The normalized spacial score (nSPS) is 36.6. The van der Waals surface area contributed by atoms with Gasteiger partial charge in [0.05, 0.1) is 51.6 Å². The Morgan fingerprint density at radius 3 is 2.48 bits per heavy atom. The lowest BCUT2D eigenvalue weighted by Gasteiger charge is -2.59. The van der Waals surface area contributed by atoms with Crippen LogP contribution in [0, 0.1) is 23.7 Å². The quantitative estimate of drug-likeness (QED) is 0.384. The van der Waals surface area contributed by atoms with Crippen molar-refractivity contribution in [1.29, 1.82) is 0 Å². The number of hydrogen-bond donors (Lipinski definition) is 0. The Balaban J connectivity index is 0.000000459. The van der Waals surface area contributed by atoms with Crippen LogP contribution in [0.2, 0.25) is 0 Å². The molecule has 33 heavy (non-hydrogen) atoms. The third kappa shape index (κ3) is 4.33. The van der Waals surface area contributed by atoms with Crippen LogP contribution in [0.5, 0.6) is 0 Å². The predicted octanol–water partition coefficient (Wildman–Crippen LogP) is 3.45. The van der Waals surface area contributed by atoms with E-state index in [1.807, 2.05) is 26.0 Å². The second-order valence-corrected chi connectivity index (χ2v) is 9.85. The molecule has 1 aliphatic carbocycles. The number of carbonyl (C=O) groups excluding carboxylic acids is 3. The van der Waals surface area contributed by atoms with Crippen molar-refractivity contribution in [2.24, 2.45) is 23.7 Å². The Morgan fingerprint density at radius 2 is 1.91 bits per heavy atom. The first-order chi connectivity index (χ1) is 15.7. The van der Waals surface area contributed by atoms with Gasteiger partial charge in [0.2, 0.25) is 0 Å². The molecule has 1 aromatic rings. The largest absolute Gasteiger partial charge is 0.473 e. The van der Waals surface area contributed by atoms with E-state index in [4.69, 9.17) is 18.9 Å². The fraction of sp³-hybridized carbons (Fsp3) is 0.640. The van der Waals surface area contributed by atoms with Gasteiger partial charge in [-0.2, -0.15) is 0 Å². The van der Waals surface area contributed by atoms with Crippen molar-refractivity contribution in [3.63, 3.8) is 0 Å². The third-order valence-corrected chi connectivity index (χ3v) is 7.73. The average Bonchev–Trinajstić information content (AvgIpc) is 3.41. The zero-order valence-corrected chi connectivity index (χ0v) is 19.4. The zero-order chi connectivity index (χ0) is 23.8. The van der Waals surface area contributed by atoms with Crippen LogP contribution < -0.4 is 0 Å². The van der Waals surface area contributed by atoms with Gasteiger partial charge in [0.25, 0.3) is 0 Å². The van der Waals surface area contributed by atoms with E-state index in [9.17, 15) is 14.4 Å². The van der Waals surface area contributed by atoms with Crippen molar-refractivity contribution in [2.75, 3.05) is 13.7 Å². The van der Waals surface area contributed by atoms with Gasteiger partial charge in [0, 0.05) is 11.8 Å². The molecule has 3 aliphatic heterocycles. The molecular weight excluding hydrogens is 428 g/mol. The summed E-state index contributed by atoms with van der Waals surface area (Å²) in [6, 6.07) is 3.67. The lowest BCUT2D eigenvalue weighted by molar-refractivity contribution is -0.229. The highest BCUT2D eigenvalue weighted by Gasteiger charge is 2.63. The third-order valence-electron chi connectivity index (χ3n) is 7.73. The summed E-state index contributed by atoms with van der Waals surface area (Å²) < 4.78 is 26.9. The molecule has 0 radical (unpaired) electrons. The van der Waals surface area contributed by atoms with E-state index < -0.39 is 17.3 Å². The topological polar surface area (TPSA) is 101 Å². The van der Waals surface area contributed by atoms with Gasteiger partial charge in [0.15, 0.2) is 0 Å². The molecule has 1 spiro atoms. The molecule has 0 N–H and O–H groups in total. The smallest absolute Gasteiger partial charge is 0.309 e. The highest BCUT2D eigenvalue weighted by atomic mass is 16.6. The first-order valence-corrected chi connectivity index (χ1v) is 11.5. The van der Waals surface area contributed by atoms with Crippen molar-refractivity contribution in [1.82, 2.24) is 0 Å². The summed E-state index contributed by atoms with van der Waals surface area (Å²) in [6.45, 7) is 8.49. The molecule has 0 amide bonds. The molecule has 6 atom stereocenters. The Labute approximate surface area is 193 Å². The number of methoxy groups -OCH3 is 1. The van der Waals surface area contributed by atoms with E-state index in [1.54, 1.807) is 12.5 Å². The summed E-state index contributed by atoms with van der Waals surface area (Å²) in [6.07, 6.45) is 5.02. The van der Waals surface area contributed by atoms with Gasteiger partial charge >= 0.3 is 17.9 Å². The molecular formula is C25H32O8. The second kappa shape index (κ2) is 8.97. The molecule has 4 unspecified atom stereocenters. The minimum Gasteiger partial charge on any atom is -0.473 e. The number of fused-ring (bicyclic) bond motifs is 1. The maximum Gasteiger partial charge on any atom is 0.309 e. The lowest BCUT2D eigenvalue weighted by atomic mass is 9.55. The van der Waals surface area contributed by atoms with E-state index in [-0.39, 0.29) is 54.4 Å². The monoisotopic (exact) mass is 460 g/mol. The van der Waals surface area contributed by atoms with E-state index in [2.05, 4.69) is 11.0 Å². The van der Waals surface area contributed by atoms with Gasteiger partial charge in [-0.25, -0.2) is 0 Å². The number of hydrogen-bond acceptors (Lipinski definition) is 8. The van der Waals surface area contributed by atoms with Gasteiger partial charge in [-0.3, -0.25) is 14.4 Å². The van der Waals surface area contributed by atoms with Crippen LogP contribution in [-0.2, 0) is 33.3 Å². The maximum absolute atomic E-state index is 12.2. The molecule has 4 fully saturated rings. The lowest BCUT2D eigenvalue weighted by Crippen LogP contribution is -2.63. The minimum absolute atomic E-state index is 0.0458. The fourth-order valence-corrected chi connectivity index (χ4v) is 6.17. The Bertz CT molecular complexity index is 886. The highest BCUT2D eigenvalue weighted by Crippen LogP contribution is 2.59. The van der Waals surface area contributed by atoms with Crippen LogP contribution in [0.3, 0.4) is 0 Å². The number of esters is 3. The maximum atomic E-state index is 12.2. The van der Waals surface area contributed by atoms with Gasteiger partial charge < -0.3 is 23.4 Å². The van der Waals surface area contributed by atoms with E-state index >= 15 is 0 Å². The van der Waals surface area contributed by atoms with Gasteiger partial charge in [0.1, 0.15) is 11.2 Å². The number of ether oxygens (including phenoxy) is 4. The van der Waals surface area contributed by atoms with Gasteiger partial charge in [-0.1, -0.05) is 6.58 Å². The molecule has 5 rings (SSSR count).